The van der Waals surface area contributed by atoms with Crippen LogP contribution in [0.5, 0.6) is 0 Å². The maximum atomic E-state index is 10.4. The minimum absolute atomic E-state index is 0.670. The summed E-state index contributed by atoms with van der Waals surface area (Å²) in [4.78, 5) is 10.4. The van der Waals surface area contributed by atoms with Gasteiger partial charge in [-0.2, -0.15) is 5.10 Å². The van der Waals surface area contributed by atoms with Crippen LogP contribution in [0.1, 0.15) is 5.56 Å². The van der Waals surface area contributed by atoms with E-state index in [1.54, 1.807) is 0 Å². The standard InChI is InChI=1S/C8H6ClI2N3O/c9-4-1-6(10)5(7(11)2-4)3-13-14-8(12)15/h1-3H,(H3,12,14,15)/b13-3+. The zero-order valence-corrected chi connectivity index (χ0v) is 12.4. The Hall–Kier alpha value is -0.0900. The minimum Gasteiger partial charge on any atom is -0.350 e. The molecule has 1 rings (SSSR count). The van der Waals surface area contributed by atoms with E-state index in [1.165, 1.54) is 6.21 Å². The van der Waals surface area contributed by atoms with Crippen LogP contribution >= 0.6 is 56.8 Å². The van der Waals surface area contributed by atoms with Crippen LogP contribution in [0, 0.1) is 7.14 Å². The number of urea groups is 1. The fourth-order valence-corrected chi connectivity index (χ4v) is 3.47. The van der Waals surface area contributed by atoms with E-state index in [0.717, 1.165) is 12.7 Å². The number of hydrogen-bond donors (Lipinski definition) is 2. The van der Waals surface area contributed by atoms with Crippen LogP contribution in [0.15, 0.2) is 17.2 Å². The number of amides is 2. The molecule has 0 heterocycles. The number of hydrazone groups is 1. The number of benzene rings is 1. The van der Waals surface area contributed by atoms with Crippen molar-refractivity contribution < 1.29 is 4.79 Å². The van der Waals surface area contributed by atoms with Crippen LogP contribution in [0.2, 0.25) is 5.02 Å². The molecule has 7 heteroatoms. The number of carbonyl (C=O) groups is 1. The molecular weight excluding hydrogens is 443 g/mol. The molecule has 4 nitrogen and oxygen atoms in total. The third-order valence-corrected chi connectivity index (χ3v) is 3.42. The molecule has 0 aliphatic rings. The SMILES string of the molecule is NC(=O)N/N=C/c1c(I)cc(Cl)cc1I. The van der Waals surface area contributed by atoms with Gasteiger partial charge in [0, 0.05) is 17.7 Å². The Morgan fingerprint density at radius 3 is 2.47 bits per heavy atom. The molecule has 80 valence electrons. The number of carbonyl (C=O) groups excluding carboxylic acids is 1. The lowest BCUT2D eigenvalue weighted by Gasteiger charge is -2.02. The van der Waals surface area contributed by atoms with Gasteiger partial charge in [-0.05, 0) is 57.3 Å². The summed E-state index contributed by atoms with van der Waals surface area (Å²) < 4.78 is 1.92. The van der Waals surface area contributed by atoms with Crippen molar-refractivity contribution in [1.82, 2.24) is 5.43 Å². The molecule has 0 fully saturated rings. The van der Waals surface area contributed by atoms with Crippen molar-refractivity contribution >= 4 is 69.0 Å². The number of nitrogens with zero attached hydrogens (tertiary/aromatic N) is 1. The van der Waals surface area contributed by atoms with Crippen molar-refractivity contribution in [3.8, 4) is 0 Å². The Bertz CT molecular complexity index is 399. The number of nitrogens with one attached hydrogen (secondary N) is 1. The van der Waals surface area contributed by atoms with Crippen molar-refractivity contribution in [2.75, 3.05) is 0 Å². The maximum Gasteiger partial charge on any atom is 0.332 e. The van der Waals surface area contributed by atoms with Crippen molar-refractivity contribution in [2.45, 2.75) is 0 Å². The molecule has 0 radical (unpaired) electrons. The van der Waals surface area contributed by atoms with Gasteiger partial charge >= 0.3 is 6.03 Å². The van der Waals surface area contributed by atoms with E-state index in [4.69, 9.17) is 17.3 Å². The van der Waals surface area contributed by atoms with Gasteiger partial charge in [-0.15, -0.1) is 0 Å². The van der Waals surface area contributed by atoms with Crippen LogP contribution < -0.4 is 11.2 Å². The lowest BCUT2D eigenvalue weighted by molar-refractivity contribution is 0.249. The van der Waals surface area contributed by atoms with Gasteiger partial charge in [-0.1, -0.05) is 11.6 Å². The first-order chi connectivity index (χ1) is 7.00. The topological polar surface area (TPSA) is 67.5 Å². The van der Waals surface area contributed by atoms with Gasteiger partial charge < -0.3 is 5.73 Å². The van der Waals surface area contributed by atoms with E-state index in [-0.39, 0.29) is 0 Å². The second kappa shape index (κ2) is 5.85. The van der Waals surface area contributed by atoms with Crippen LogP contribution in [-0.2, 0) is 0 Å². The number of halogens is 3. The predicted octanol–water partition coefficient (Wildman–Crippen LogP) is 2.55. The van der Waals surface area contributed by atoms with Crippen LogP contribution in [0.4, 0.5) is 4.79 Å². The Morgan fingerprint density at radius 2 is 2.00 bits per heavy atom. The Balaban J connectivity index is 2.94. The summed E-state index contributed by atoms with van der Waals surface area (Å²) >= 11 is 10.2. The molecule has 1 aromatic rings. The van der Waals surface area contributed by atoms with E-state index in [0.29, 0.717) is 5.02 Å². The highest BCUT2D eigenvalue weighted by atomic mass is 127. The fourth-order valence-electron chi connectivity index (χ4n) is 0.837. The molecule has 0 atom stereocenters. The smallest absolute Gasteiger partial charge is 0.332 e. The molecule has 0 aromatic heterocycles. The Labute approximate surface area is 119 Å². The molecule has 0 saturated heterocycles. The first kappa shape index (κ1) is 13.0. The Morgan fingerprint density at radius 1 is 1.47 bits per heavy atom. The molecule has 1 aromatic carbocycles. The van der Waals surface area contributed by atoms with Crippen molar-refractivity contribution in [3.05, 3.63) is 29.9 Å². The molecule has 15 heavy (non-hydrogen) atoms. The molecule has 3 N–H and O–H groups in total. The van der Waals surface area contributed by atoms with Gasteiger partial charge in [0.1, 0.15) is 0 Å². The van der Waals surface area contributed by atoms with Gasteiger partial charge in [-0.3, -0.25) is 0 Å². The number of rotatable bonds is 2. The van der Waals surface area contributed by atoms with Gasteiger partial charge in [0.25, 0.3) is 0 Å². The lowest BCUT2D eigenvalue weighted by Crippen LogP contribution is -2.24. The molecule has 2 amide bonds. The van der Waals surface area contributed by atoms with Gasteiger partial charge in [-0.25, -0.2) is 10.2 Å². The highest BCUT2D eigenvalue weighted by Gasteiger charge is 2.04. The van der Waals surface area contributed by atoms with E-state index in [1.807, 2.05) is 12.1 Å². The van der Waals surface area contributed by atoms with Crippen LogP contribution in [0.3, 0.4) is 0 Å². The largest absolute Gasteiger partial charge is 0.350 e. The molecular formula is C8H6ClI2N3O. The summed E-state index contributed by atoms with van der Waals surface area (Å²) in [5.41, 5.74) is 7.90. The highest BCUT2D eigenvalue weighted by Crippen LogP contribution is 2.22. The average molecular weight is 449 g/mol. The third kappa shape index (κ3) is 4.11. The monoisotopic (exact) mass is 449 g/mol. The number of nitrogens with two attached hydrogens (primary N) is 1. The van der Waals surface area contributed by atoms with E-state index < -0.39 is 6.03 Å². The third-order valence-electron chi connectivity index (χ3n) is 1.41. The molecule has 0 bridgehead atoms. The summed E-state index contributed by atoms with van der Waals surface area (Å²) in [7, 11) is 0. The second-order valence-electron chi connectivity index (χ2n) is 2.52. The highest BCUT2D eigenvalue weighted by molar-refractivity contribution is 14.1. The molecule has 0 saturated carbocycles. The van der Waals surface area contributed by atoms with Gasteiger partial charge in [0.05, 0.1) is 6.21 Å². The summed E-state index contributed by atoms with van der Waals surface area (Å²) in [5, 5.41) is 4.36. The summed E-state index contributed by atoms with van der Waals surface area (Å²) in [5.74, 6) is 0. The van der Waals surface area contributed by atoms with Crippen LogP contribution in [-0.4, -0.2) is 12.2 Å². The molecule has 0 unspecified atom stereocenters. The van der Waals surface area contributed by atoms with Crippen molar-refractivity contribution in [3.63, 3.8) is 0 Å². The number of hydrogen-bond acceptors (Lipinski definition) is 2. The van der Waals surface area contributed by atoms with Gasteiger partial charge in [0.2, 0.25) is 0 Å². The normalized spacial score (nSPS) is 10.6. The second-order valence-corrected chi connectivity index (χ2v) is 5.28. The lowest BCUT2D eigenvalue weighted by atomic mass is 10.2. The first-order valence-electron chi connectivity index (χ1n) is 3.73. The van der Waals surface area contributed by atoms with E-state index in [2.05, 4.69) is 55.7 Å². The van der Waals surface area contributed by atoms with Crippen LogP contribution in [0.25, 0.3) is 0 Å². The number of primary amides is 1. The molecule has 0 aliphatic heterocycles. The summed E-state index contributed by atoms with van der Waals surface area (Å²) in [6, 6.07) is 2.94. The Kier molecular flexibility index (Phi) is 5.06. The zero-order chi connectivity index (χ0) is 11.4. The molecule has 0 spiro atoms. The summed E-state index contributed by atoms with van der Waals surface area (Å²) in [6.07, 6.45) is 1.53. The quantitative estimate of drug-likeness (QED) is 0.407. The fraction of sp³-hybridized carbons (Fsp3) is 0. The van der Waals surface area contributed by atoms with Crippen molar-refractivity contribution in [2.24, 2.45) is 10.8 Å². The zero-order valence-electron chi connectivity index (χ0n) is 7.30. The first-order valence-corrected chi connectivity index (χ1v) is 6.27. The minimum atomic E-state index is -0.690. The summed E-state index contributed by atoms with van der Waals surface area (Å²) in [6.45, 7) is 0. The predicted molar refractivity (Wildman–Crippen MR) is 77.2 cm³/mol. The molecule has 0 aliphatic carbocycles. The van der Waals surface area contributed by atoms with Crippen molar-refractivity contribution in [1.29, 1.82) is 0 Å². The van der Waals surface area contributed by atoms with E-state index >= 15 is 0 Å². The maximum absolute atomic E-state index is 10.4. The van der Waals surface area contributed by atoms with E-state index in [9.17, 15) is 4.79 Å². The average Bonchev–Trinajstić information content (AvgIpc) is 2.08. The van der Waals surface area contributed by atoms with Gasteiger partial charge in [0.15, 0.2) is 0 Å².